The molecule has 1 saturated heterocycles. The van der Waals surface area contributed by atoms with Crippen molar-refractivity contribution in [2.24, 2.45) is 5.92 Å². The van der Waals surface area contributed by atoms with E-state index >= 15 is 0 Å². The van der Waals surface area contributed by atoms with Gasteiger partial charge in [0, 0.05) is 37.2 Å². The van der Waals surface area contributed by atoms with Crippen LogP contribution in [0.2, 0.25) is 0 Å². The summed E-state index contributed by atoms with van der Waals surface area (Å²) < 4.78 is 15.3. The van der Waals surface area contributed by atoms with E-state index in [1.807, 2.05) is 28.5 Å². The number of imidazole rings is 1. The summed E-state index contributed by atoms with van der Waals surface area (Å²) in [7, 11) is 0. The van der Waals surface area contributed by atoms with Gasteiger partial charge in [0.05, 0.1) is 10.8 Å². The number of hydrogen-bond donors (Lipinski definition) is 1. The highest BCUT2D eigenvalue weighted by atomic mass is 19.1. The van der Waals surface area contributed by atoms with Gasteiger partial charge in [0.1, 0.15) is 5.82 Å². The van der Waals surface area contributed by atoms with E-state index in [0.717, 1.165) is 30.9 Å². The maximum atomic E-state index is 13.5. The van der Waals surface area contributed by atoms with Crippen molar-refractivity contribution in [2.45, 2.75) is 19.8 Å². The number of nitro benzene ring substituents is 1. The van der Waals surface area contributed by atoms with E-state index in [2.05, 4.69) is 20.5 Å². The highest BCUT2D eigenvalue weighted by molar-refractivity contribution is 5.93. The zero-order chi connectivity index (χ0) is 22.0. The van der Waals surface area contributed by atoms with Gasteiger partial charge in [-0.1, -0.05) is 0 Å². The van der Waals surface area contributed by atoms with Gasteiger partial charge in [0.15, 0.2) is 11.6 Å². The molecular formula is C20H20FN7O3. The van der Waals surface area contributed by atoms with Crippen LogP contribution in [-0.4, -0.2) is 43.7 Å². The van der Waals surface area contributed by atoms with Gasteiger partial charge in [-0.25, -0.2) is 4.98 Å². The van der Waals surface area contributed by atoms with Crippen molar-refractivity contribution in [3.63, 3.8) is 0 Å². The molecule has 1 aliphatic heterocycles. The number of aromatic nitrogens is 4. The lowest BCUT2D eigenvalue weighted by atomic mass is 9.97. The molecule has 1 unspecified atom stereocenters. The SMILES string of the molecule is Cc1nccn1-c1ccc(N2CCCC(C(=O)Nc3ccc(F)c([N+](=O)[O-])c3)C2)nn1. The van der Waals surface area contributed by atoms with Crippen molar-refractivity contribution in [1.29, 1.82) is 0 Å². The van der Waals surface area contributed by atoms with Crippen LogP contribution in [0, 0.1) is 28.8 Å². The lowest BCUT2D eigenvalue weighted by Crippen LogP contribution is -2.41. The number of aryl methyl sites for hydroxylation is 1. The Kier molecular flexibility index (Phi) is 5.56. The summed E-state index contributed by atoms with van der Waals surface area (Å²) in [5, 5.41) is 22.1. The maximum Gasteiger partial charge on any atom is 0.306 e. The smallest absolute Gasteiger partial charge is 0.306 e. The minimum atomic E-state index is -0.945. The molecule has 1 aliphatic rings. The number of hydrogen-bond acceptors (Lipinski definition) is 7. The van der Waals surface area contributed by atoms with E-state index in [4.69, 9.17) is 0 Å². The Hall–Kier alpha value is -3.89. The van der Waals surface area contributed by atoms with E-state index in [9.17, 15) is 19.3 Å². The molecule has 0 saturated carbocycles. The van der Waals surface area contributed by atoms with Crippen LogP contribution in [0.4, 0.5) is 21.6 Å². The normalized spacial score (nSPS) is 16.2. The summed E-state index contributed by atoms with van der Waals surface area (Å²) in [6.45, 7) is 3.05. The van der Waals surface area contributed by atoms with E-state index in [1.54, 1.807) is 12.4 Å². The van der Waals surface area contributed by atoms with Crippen LogP contribution in [0.15, 0.2) is 42.7 Å². The van der Waals surface area contributed by atoms with Crippen molar-refractivity contribution in [2.75, 3.05) is 23.3 Å². The van der Waals surface area contributed by atoms with E-state index in [1.165, 1.54) is 6.07 Å². The van der Waals surface area contributed by atoms with Crippen molar-refractivity contribution in [3.8, 4) is 5.82 Å². The van der Waals surface area contributed by atoms with Gasteiger partial charge in [-0.15, -0.1) is 10.2 Å². The van der Waals surface area contributed by atoms with Crippen molar-refractivity contribution in [3.05, 3.63) is 64.5 Å². The fourth-order valence-corrected chi connectivity index (χ4v) is 3.61. The number of rotatable bonds is 5. The molecule has 0 bridgehead atoms. The molecule has 1 N–H and O–H groups in total. The number of nitrogens with one attached hydrogen (secondary N) is 1. The second kappa shape index (κ2) is 8.46. The number of carbonyl (C=O) groups is 1. The summed E-state index contributed by atoms with van der Waals surface area (Å²) in [5.41, 5.74) is -0.485. The summed E-state index contributed by atoms with van der Waals surface area (Å²) in [4.78, 5) is 29.0. The number of anilines is 2. The molecule has 2 aromatic heterocycles. The number of piperidine rings is 1. The molecule has 10 nitrogen and oxygen atoms in total. The average molecular weight is 425 g/mol. The molecule has 0 radical (unpaired) electrons. The number of halogens is 1. The predicted octanol–water partition coefficient (Wildman–Crippen LogP) is 2.87. The molecule has 3 heterocycles. The first-order valence-corrected chi connectivity index (χ1v) is 9.76. The first kappa shape index (κ1) is 20.4. The summed E-state index contributed by atoms with van der Waals surface area (Å²) in [6, 6.07) is 7.00. The molecule has 1 atom stereocenters. The monoisotopic (exact) mass is 425 g/mol. The predicted molar refractivity (Wildman–Crippen MR) is 111 cm³/mol. The molecule has 1 fully saturated rings. The second-order valence-electron chi connectivity index (χ2n) is 7.29. The standard InChI is InChI=1S/C20H20FN7O3/c1-13-22-8-10-27(13)19-7-6-18(24-25-19)26-9-2-3-14(12-26)20(29)23-15-4-5-16(21)17(11-15)28(30)31/h4-8,10-11,14H,2-3,9,12H2,1H3,(H,23,29). The molecule has 160 valence electrons. The van der Waals surface area contributed by atoms with Crippen LogP contribution in [0.1, 0.15) is 18.7 Å². The fraction of sp³-hybridized carbons (Fsp3) is 0.300. The maximum absolute atomic E-state index is 13.5. The summed E-state index contributed by atoms with van der Waals surface area (Å²) in [6.07, 6.45) is 4.95. The van der Waals surface area contributed by atoms with Crippen LogP contribution < -0.4 is 10.2 Å². The topological polar surface area (TPSA) is 119 Å². The van der Waals surface area contributed by atoms with E-state index in [-0.39, 0.29) is 17.5 Å². The molecule has 4 rings (SSSR count). The highest BCUT2D eigenvalue weighted by Crippen LogP contribution is 2.25. The van der Waals surface area contributed by atoms with Gasteiger partial charge in [-0.2, -0.15) is 4.39 Å². The Balaban J connectivity index is 1.43. The molecule has 3 aromatic rings. The first-order chi connectivity index (χ1) is 14.9. The van der Waals surface area contributed by atoms with Gasteiger partial charge in [-0.3, -0.25) is 19.5 Å². The van der Waals surface area contributed by atoms with E-state index in [0.29, 0.717) is 24.6 Å². The average Bonchev–Trinajstić information content (AvgIpc) is 3.21. The Morgan fingerprint density at radius 2 is 2.03 bits per heavy atom. The number of nitrogens with zero attached hydrogens (tertiary/aromatic N) is 6. The van der Waals surface area contributed by atoms with Crippen LogP contribution in [0.5, 0.6) is 0 Å². The van der Waals surface area contributed by atoms with Gasteiger partial charge in [0.2, 0.25) is 11.7 Å². The van der Waals surface area contributed by atoms with Crippen molar-refractivity contribution in [1.82, 2.24) is 19.7 Å². The first-order valence-electron chi connectivity index (χ1n) is 9.76. The minimum Gasteiger partial charge on any atom is -0.354 e. The number of benzene rings is 1. The third-order valence-electron chi connectivity index (χ3n) is 5.24. The third-order valence-corrected chi connectivity index (χ3v) is 5.24. The quantitative estimate of drug-likeness (QED) is 0.493. The van der Waals surface area contributed by atoms with Gasteiger partial charge in [-0.05, 0) is 44.0 Å². The van der Waals surface area contributed by atoms with Crippen LogP contribution in [0.3, 0.4) is 0 Å². The Morgan fingerprint density at radius 1 is 1.26 bits per heavy atom. The Morgan fingerprint density at radius 3 is 2.71 bits per heavy atom. The Bertz CT molecular complexity index is 1120. The molecule has 0 aliphatic carbocycles. The van der Waals surface area contributed by atoms with Gasteiger partial charge in [0.25, 0.3) is 0 Å². The lowest BCUT2D eigenvalue weighted by molar-refractivity contribution is -0.387. The minimum absolute atomic E-state index is 0.190. The van der Waals surface area contributed by atoms with E-state index < -0.39 is 16.4 Å². The van der Waals surface area contributed by atoms with Crippen LogP contribution in [0.25, 0.3) is 5.82 Å². The number of carbonyl (C=O) groups excluding carboxylic acids is 1. The second-order valence-corrected chi connectivity index (χ2v) is 7.29. The summed E-state index contributed by atoms with van der Waals surface area (Å²) in [5.74, 6) is 0.566. The largest absolute Gasteiger partial charge is 0.354 e. The zero-order valence-corrected chi connectivity index (χ0v) is 16.7. The van der Waals surface area contributed by atoms with Gasteiger partial charge < -0.3 is 10.2 Å². The van der Waals surface area contributed by atoms with Crippen LogP contribution in [-0.2, 0) is 4.79 Å². The Labute approximate surface area is 176 Å². The molecule has 1 aromatic carbocycles. The molecule has 1 amide bonds. The number of amides is 1. The highest BCUT2D eigenvalue weighted by Gasteiger charge is 2.27. The third kappa shape index (κ3) is 4.34. The fourth-order valence-electron chi connectivity index (χ4n) is 3.61. The zero-order valence-electron chi connectivity index (χ0n) is 16.7. The lowest BCUT2D eigenvalue weighted by Gasteiger charge is -2.32. The van der Waals surface area contributed by atoms with Crippen molar-refractivity contribution < 1.29 is 14.1 Å². The molecule has 31 heavy (non-hydrogen) atoms. The number of nitro groups is 1. The van der Waals surface area contributed by atoms with Gasteiger partial charge >= 0.3 is 5.69 Å². The molecule has 11 heteroatoms. The molecule has 0 spiro atoms. The summed E-state index contributed by atoms with van der Waals surface area (Å²) >= 11 is 0. The molecular weight excluding hydrogens is 405 g/mol. The van der Waals surface area contributed by atoms with Crippen LogP contribution >= 0.6 is 0 Å². The van der Waals surface area contributed by atoms with Crippen molar-refractivity contribution >= 4 is 23.1 Å².